The van der Waals surface area contributed by atoms with E-state index in [4.69, 9.17) is 5.11 Å². The van der Waals surface area contributed by atoms with Crippen LogP contribution in [0.1, 0.15) is 30.1 Å². The van der Waals surface area contributed by atoms with E-state index in [1.807, 2.05) is 0 Å². The predicted octanol–water partition coefficient (Wildman–Crippen LogP) is 1.58. The van der Waals surface area contributed by atoms with Crippen molar-refractivity contribution < 1.29 is 19.5 Å². The van der Waals surface area contributed by atoms with Gasteiger partial charge in [0.2, 0.25) is 5.91 Å². The molecule has 3 N–H and O–H groups in total. The van der Waals surface area contributed by atoms with Crippen LogP contribution in [0.4, 0.5) is 9.80 Å². The second-order valence-electron chi connectivity index (χ2n) is 4.86. The van der Waals surface area contributed by atoms with E-state index in [1.165, 1.54) is 24.3 Å². The predicted molar refractivity (Wildman–Crippen MR) is 78.7 cm³/mol. The van der Waals surface area contributed by atoms with Gasteiger partial charge < -0.3 is 15.3 Å². The van der Waals surface area contributed by atoms with E-state index in [2.05, 4.69) is 10.6 Å². The van der Waals surface area contributed by atoms with Crippen molar-refractivity contribution in [2.24, 2.45) is 0 Å². The highest BCUT2D eigenvalue weighted by atomic mass is 32.1. The monoisotopic (exact) mass is 311 g/mol. The fourth-order valence-electron chi connectivity index (χ4n) is 2.27. The fraction of sp³-hybridized carbons (Fsp3) is 0.462. The maximum absolute atomic E-state index is 12.1. The molecule has 21 heavy (non-hydrogen) atoms. The molecule has 0 aliphatic carbocycles. The van der Waals surface area contributed by atoms with E-state index in [9.17, 15) is 14.4 Å². The maximum Gasteiger partial charge on any atom is 0.338 e. The molecular weight excluding hydrogens is 294 g/mol. The van der Waals surface area contributed by atoms with Gasteiger partial charge in [-0.3, -0.25) is 10.1 Å². The largest absolute Gasteiger partial charge is 0.478 e. The van der Waals surface area contributed by atoms with Gasteiger partial charge in [-0.2, -0.15) is 0 Å². The molecule has 1 aromatic rings. The smallest absolute Gasteiger partial charge is 0.338 e. The van der Waals surface area contributed by atoms with Gasteiger partial charge in [0.25, 0.3) is 0 Å². The third kappa shape index (κ3) is 3.94. The van der Waals surface area contributed by atoms with Crippen molar-refractivity contribution in [3.8, 4) is 0 Å². The molecule has 0 aromatic carbocycles. The van der Waals surface area contributed by atoms with Crippen molar-refractivity contribution in [1.82, 2.24) is 10.2 Å². The van der Waals surface area contributed by atoms with Gasteiger partial charge in [-0.05, 0) is 24.3 Å². The van der Waals surface area contributed by atoms with E-state index in [-0.39, 0.29) is 23.5 Å². The Kier molecular flexibility index (Phi) is 4.79. The summed E-state index contributed by atoms with van der Waals surface area (Å²) in [4.78, 5) is 35.7. The number of carbonyl (C=O) groups excluding carboxylic acids is 2. The van der Waals surface area contributed by atoms with E-state index in [0.29, 0.717) is 30.9 Å². The number of hydrogen-bond acceptors (Lipinski definition) is 4. The lowest BCUT2D eigenvalue weighted by Gasteiger charge is -2.32. The normalized spacial score (nSPS) is 15.6. The van der Waals surface area contributed by atoms with Crippen molar-refractivity contribution in [3.63, 3.8) is 0 Å². The maximum atomic E-state index is 12.1. The summed E-state index contributed by atoms with van der Waals surface area (Å²) in [6.45, 7) is 2.54. The van der Waals surface area contributed by atoms with E-state index >= 15 is 0 Å². The summed E-state index contributed by atoms with van der Waals surface area (Å²) in [5.41, 5.74) is 0.0986. The summed E-state index contributed by atoms with van der Waals surface area (Å²) in [5, 5.41) is 16.4. The summed E-state index contributed by atoms with van der Waals surface area (Å²) in [5.74, 6) is -1.13. The molecule has 0 unspecified atom stereocenters. The molecule has 1 aliphatic rings. The fourth-order valence-corrected chi connectivity index (χ4v) is 3.03. The molecule has 0 radical (unpaired) electrons. The van der Waals surface area contributed by atoms with Crippen LogP contribution in [0.3, 0.4) is 0 Å². The van der Waals surface area contributed by atoms with Crippen LogP contribution in [0.25, 0.3) is 0 Å². The highest BCUT2D eigenvalue weighted by Gasteiger charge is 2.24. The number of rotatable bonds is 3. The zero-order chi connectivity index (χ0) is 15.4. The Morgan fingerprint density at radius 2 is 2.00 bits per heavy atom. The molecule has 3 amide bonds. The standard InChI is InChI=1S/C13H17N3O4S/c1-8(17)14-9-2-5-16(6-3-9)13(20)15-11-10(12(18)19)4-7-21-11/h4,7,9H,2-3,5-6H2,1H3,(H,14,17)(H,15,20)(H,18,19). The SMILES string of the molecule is CC(=O)NC1CCN(C(=O)Nc2sccc2C(=O)O)CC1. The number of aromatic carboxylic acids is 1. The molecular formula is C13H17N3O4S. The molecule has 1 aliphatic heterocycles. The highest BCUT2D eigenvalue weighted by molar-refractivity contribution is 7.14. The number of anilines is 1. The van der Waals surface area contributed by atoms with Crippen LogP contribution in [0.2, 0.25) is 0 Å². The second kappa shape index (κ2) is 6.57. The van der Waals surface area contributed by atoms with Gasteiger partial charge in [-0.15, -0.1) is 11.3 Å². The zero-order valence-electron chi connectivity index (χ0n) is 11.6. The number of likely N-dealkylation sites (tertiary alicyclic amines) is 1. The Hall–Kier alpha value is -2.09. The molecule has 114 valence electrons. The van der Waals surface area contributed by atoms with E-state index in [0.717, 1.165) is 0 Å². The molecule has 1 aromatic heterocycles. The number of nitrogens with one attached hydrogen (secondary N) is 2. The number of nitrogens with zero attached hydrogens (tertiary/aromatic N) is 1. The van der Waals surface area contributed by atoms with Crippen LogP contribution in [-0.2, 0) is 4.79 Å². The quantitative estimate of drug-likeness (QED) is 0.789. The van der Waals surface area contributed by atoms with Crippen LogP contribution in [0.15, 0.2) is 11.4 Å². The van der Waals surface area contributed by atoms with E-state index in [1.54, 1.807) is 10.3 Å². The van der Waals surface area contributed by atoms with Gasteiger partial charge >= 0.3 is 12.0 Å². The number of piperidine rings is 1. The number of carboxylic acid groups (broad SMARTS) is 1. The molecule has 0 spiro atoms. The number of thiophene rings is 1. The lowest BCUT2D eigenvalue weighted by atomic mass is 10.1. The molecule has 0 atom stereocenters. The molecule has 8 heteroatoms. The first-order valence-corrected chi connectivity index (χ1v) is 7.49. The first-order chi connectivity index (χ1) is 9.97. The van der Waals surface area contributed by atoms with Gasteiger partial charge in [-0.1, -0.05) is 0 Å². The Bertz CT molecular complexity index is 549. The first kappa shape index (κ1) is 15.3. The van der Waals surface area contributed by atoms with Crippen molar-refractivity contribution >= 4 is 34.2 Å². The minimum absolute atomic E-state index is 0.0670. The molecule has 2 rings (SSSR count). The van der Waals surface area contributed by atoms with Gasteiger partial charge in [0.05, 0.1) is 5.56 Å². The summed E-state index contributed by atoms with van der Waals surface area (Å²) >= 11 is 1.18. The molecule has 7 nitrogen and oxygen atoms in total. The Labute approximate surface area is 125 Å². The lowest BCUT2D eigenvalue weighted by molar-refractivity contribution is -0.119. The van der Waals surface area contributed by atoms with Gasteiger partial charge in [0, 0.05) is 26.1 Å². The van der Waals surface area contributed by atoms with Crippen molar-refractivity contribution in [2.75, 3.05) is 18.4 Å². The number of amides is 3. The van der Waals surface area contributed by atoms with E-state index < -0.39 is 5.97 Å². The van der Waals surface area contributed by atoms with Crippen LogP contribution >= 0.6 is 11.3 Å². The third-order valence-electron chi connectivity index (χ3n) is 3.31. The molecule has 2 heterocycles. The van der Waals surface area contributed by atoms with Gasteiger partial charge in [0.15, 0.2) is 0 Å². The second-order valence-corrected chi connectivity index (χ2v) is 5.78. The lowest BCUT2D eigenvalue weighted by Crippen LogP contribution is -2.47. The molecule has 0 bridgehead atoms. The average Bonchev–Trinajstić information content (AvgIpc) is 2.87. The van der Waals surface area contributed by atoms with Crippen molar-refractivity contribution in [2.45, 2.75) is 25.8 Å². The Balaban J connectivity index is 1.89. The Morgan fingerprint density at radius 3 is 2.57 bits per heavy atom. The van der Waals surface area contributed by atoms with Crippen molar-refractivity contribution in [3.05, 3.63) is 17.0 Å². The minimum Gasteiger partial charge on any atom is -0.478 e. The summed E-state index contributed by atoms with van der Waals surface area (Å²) in [6.07, 6.45) is 1.40. The van der Waals surface area contributed by atoms with Gasteiger partial charge in [0.1, 0.15) is 5.00 Å². The van der Waals surface area contributed by atoms with Gasteiger partial charge in [-0.25, -0.2) is 9.59 Å². The molecule has 1 fully saturated rings. The zero-order valence-corrected chi connectivity index (χ0v) is 12.4. The number of hydrogen-bond donors (Lipinski definition) is 3. The number of urea groups is 1. The number of carbonyl (C=O) groups is 3. The first-order valence-electron chi connectivity index (χ1n) is 6.61. The van der Waals surface area contributed by atoms with Crippen LogP contribution in [-0.4, -0.2) is 47.0 Å². The van der Waals surface area contributed by atoms with Crippen LogP contribution < -0.4 is 10.6 Å². The third-order valence-corrected chi connectivity index (χ3v) is 4.14. The summed E-state index contributed by atoms with van der Waals surface area (Å²) in [7, 11) is 0. The molecule has 1 saturated heterocycles. The summed E-state index contributed by atoms with van der Waals surface area (Å²) in [6, 6.07) is 1.26. The topological polar surface area (TPSA) is 98.7 Å². The van der Waals surface area contributed by atoms with Crippen LogP contribution in [0.5, 0.6) is 0 Å². The number of carboxylic acids is 1. The Morgan fingerprint density at radius 1 is 1.33 bits per heavy atom. The highest BCUT2D eigenvalue weighted by Crippen LogP contribution is 2.24. The summed E-state index contributed by atoms with van der Waals surface area (Å²) < 4.78 is 0. The minimum atomic E-state index is -1.06. The van der Waals surface area contributed by atoms with Crippen molar-refractivity contribution in [1.29, 1.82) is 0 Å². The average molecular weight is 311 g/mol. The van der Waals surface area contributed by atoms with Crippen LogP contribution in [0, 0.1) is 0 Å². The molecule has 0 saturated carbocycles.